The lowest BCUT2D eigenvalue weighted by Gasteiger charge is -2.20. The normalized spacial score (nSPS) is 10.8. The van der Waals surface area contributed by atoms with Gasteiger partial charge in [0.15, 0.2) is 0 Å². The Bertz CT molecular complexity index is 628. The third kappa shape index (κ3) is 2.69. The molecule has 2 aromatic rings. The van der Waals surface area contributed by atoms with Crippen LogP contribution in [0.5, 0.6) is 0 Å². The fraction of sp³-hybridized carbons (Fsp3) is 0.312. The fourth-order valence-corrected chi connectivity index (χ4v) is 2.22. The van der Waals surface area contributed by atoms with Crippen LogP contribution < -0.4 is 10.6 Å². The van der Waals surface area contributed by atoms with Gasteiger partial charge in [-0.3, -0.25) is 4.79 Å². The van der Waals surface area contributed by atoms with Crippen molar-refractivity contribution in [3.63, 3.8) is 0 Å². The molecule has 0 bridgehead atoms. The molecule has 0 radical (unpaired) electrons. The molecule has 1 heterocycles. The molecular weight excluding hydrogens is 250 g/mol. The average Bonchev–Trinajstić information content (AvgIpc) is 2.79. The van der Waals surface area contributed by atoms with E-state index in [1.54, 1.807) is 18.0 Å². The minimum Gasteiger partial charge on any atom is -0.397 e. The molecule has 106 valence electrons. The van der Waals surface area contributed by atoms with Crippen molar-refractivity contribution < 1.29 is 4.79 Å². The number of amides is 1. The highest BCUT2D eigenvalue weighted by atomic mass is 16.2. The molecule has 4 heteroatoms. The van der Waals surface area contributed by atoms with Crippen LogP contribution in [0.25, 0.3) is 0 Å². The monoisotopic (exact) mass is 271 g/mol. The van der Waals surface area contributed by atoms with E-state index < -0.39 is 0 Å². The number of aromatic nitrogens is 1. The second-order valence-electron chi connectivity index (χ2n) is 5.36. The highest BCUT2D eigenvalue weighted by molar-refractivity contribution is 6.05. The summed E-state index contributed by atoms with van der Waals surface area (Å²) in [6, 6.07) is 9.80. The minimum absolute atomic E-state index is 0.0546. The molecule has 0 unspecified atom stereocenters. The van der Waals surface area contributed by atoms with Gasteiger partial charge in [-0.1, -0.05) is 12.1 Å². The minimum atomic E-state index is -0.0546. The zero-order chi connectivity index (χ0) is 14.9. The lowest BCUT2D eigenvalue weighted by atomic mass is 10.2. The third-order valence-corrected chi connectivity index (χ3v) is 3.34. The Morgan fingerprint density at radius 3 is 2.60 bits per heavy atom. The molecule has 0 aliphatic rings. The molecule has 20 heavy (non-hydrogen) atoms. The Morgan fingerprint density at radius 2 is 2.00 bits per heavy atom. The first kappa shape index (κ1) is 14.2. The topological polar surface area (TPSA) is 51.3 Å². The van der Waals surface area contributed by atoms with Gasteiger partial charge in [0.1, 0.15) is 5.69 Å². The summed E-state index contributed by atoms with van der Waals surface area (Å²) in [6.07, 6.45) is 1.81. The molecule has 0 atom stereocenters. The van der Waals surface area contributed by atoms with Gasteiger partial charge in [0.25, 0.3) is 5.91 Å². The Labute approximate surface area is 119 Å². The van der Waals surface area contributed by atoms with Crippen molar-refractivity contribution >= 4 is 17.3 Å². The van der Waals surface area contributed by atoms with Crippen LogP contribution in [-0.4, -0.2) is 17.5 Å². The molecule has 0 saturated heterocycles. The first-order valence-corrected chi connectivity index (χ1v) is 6.72. The quantitative estimate of drug-likeness (QED) is 0.931. The molecule has 2 N–H and O–H groups in total. The van der Waals surface area contributed by atoms with Crippen molar-refractivity contribution in [3.8, 4) is 0 Å². The highest BCUT2D eigenvalue weighted by Crippen LogP contribution is 2.21. The SMILES string of the molecule is Cc1cccc(N(C)C(=O)c2cc(N)cn2C(C)C)c1. The summed E-state index contributed by atoms with van der Waals surface area (Å²) in [5, 5.41) is 0. The van der Waals surface area contributed by atoms with Gasteiger partial charge < -0.3 is 15.2 Å². The number of anilines is 2. The second-order valence-corrected chi connectivity index (χ2v) is 5.36. The van der Waals surface area contributed by atoms with Crippen LogP contribution in [0.1, 0.15) is 35.9 Å². The van der Waals surface area contributed by atoms with E-state index in [0.717, 1.165) is 11.3 Å². The maximum atomic E-state index is 12.6. The Hall–Kier alpha value is -2.23. The maximum Gasteiger partial charge on any atom is 0.274 e. The largest absolute Gasteiger partial charge is 0.397 e. The zero-order valence-electron chi connectivity index (χ0n) is 12.4. The van der Waals surface area contributed by atoms with E-state index >= 15 is 0 Å². The fourth-order valence-electron chi connectivity index (χ4n) is 2.22. The summed E-state index contributed by atoms with van der Waals surface area (Å²) in [6.45, 7) is 6.07. The van der Waals surface area contributed by atoms with E-state index in [2.05, 4.69) is 0 Å². The Kier molecular flexibility index (Phi) is 3.84. The number of carbonyl (C=O) groups excluding carboxylic acids is 1. The van der Waals surface area contributed by atoms with Crippen LogP contribution >= 0.6 is 0 Å². The van der Waals surface area contributed by atoms with Crippen molar-refractivity contribution in [2.45, 2.75) is 26.8 Å². The van der Waals surface area contributed by atoms with Gasteiger partial charge in [-0.15, -0.1) is 0 Å². The lowest BCUT2D eigenvalue weighted by Crippen LogP contribution is -2.28. The summed E-state index contributed by atoms with van der Waals surface area (Å²) in [5.74, 6) is -0.0546. The van der Waals surface area contributed by atoms with E-state index in [0.29, 0.717) is 11.4 Å². The molecule has 1 aromatic carbocycles. The number of nitrogens with zero attached hydrogens (tertiary/aromatic N) is 2. The molecule has 4 nitrogen and oxygen atoms in total. The third-order valence-electron chi connectivity index (χ3n) is 3.34. The lowest BCUT2D eigenvalue weighted by molar-refractivity contribution is 0.0982. The summed E-state index contributed by atoms with van der Waals surface area (Å²) >= 11 is 0. The van der Waals surface area contributed by atoms with Gasteiger partial charge in [-0.25, -0.2) is 0 Å². The molecular formula is C16H21N3O. The molecule has 0 fully saturated rings. The number of carbonyl (C=O) groups is 1. The number of aryl methyl sites for hydroxylation is 1. The van der Waals surface area contributed by atoms with Crippen molar-refractivity contribution in [2.75, 3.05) is 17.7 Å². The molecule has 0 spiro atoms. The number of nitrogens with two attached hydrogens (primary N) is 1. The van der Waals surface area contributed by atoms with Crippen LogP contribution in [0, 0.1) is 6.92 Å². The molecule has 2 rings (SSSR count). The van der Waals surface area contributed by atoms with Crippen LogP contribution in [0.4, 0.5) is 11.4 Å². The van der Waals surface area contributed by atoms with Crippen LogP contribution in [0.15, 0.2) is 36.5 Å². The molecule has 1 amide bonds. The van der Waals surface area contributed by atoms with E-state index in [1.807, 2.05) is 55.8 Å². The molecule has 0 saturated carbocycles. The van der Waals surface area contributed by atoms with Crippen molar-refractivity contribution in [1.82, 2.24) is 4.57 Å². The van der Waals surface area contributed by atoms with Gasteiger partial charge in [-0.05, 0) is 44.5 Å². The first-order valence-electron chi connectivity index (χ1n) is 6.72. The number of nitrogen functional groups attached to an aromatic ring is 1. The van der Waals surface area contributed by atoms with E-state index in [4.69, 9.17) is 5.73 Å². The number of hydrogen-bond donors (Lipinski definition) is 1. The summed E-state index contributed by atoms with van der Waals surface area (Å²) in [4.78, 5) is 14.3. The van der Waals surface area contributed by atoms with Crippen molar-refractivity contribution in [3.05, 3.63) is 47.8 Å². The Balaban J connectivity index is 2.36. The highest BCUT2D eigenvalue weighted by Gasteiger charge is 2.19. The summed E-state index contributed by atoms with van der Waals surface area (Å²) in [7, 11) is 1.78. The smallest absolute Gasteiger partial charge is 0.274 e. The Morgan fingerprint density at radius 1 is 1.30 bits per heavy atom. The molecule has 0 aliphatic heterocycles. The number of benzene rings is 1. The van der Waals surface area contributed by atoms with Crippen molar-refractivity contribution in [2.24, 2.45) is 0 Å². The van der Waals surface area contributed by atoms with E-state index in [-0.39, 0.29) is 11.9 Å². The molecule has 1 aromatic heterocycles. The number of rotatable bonds is 3. The van der Waals surface area contributed by atoms with E-state index in [9.17, 15) is 4.79 Å². The summed E-state index contributed by atoms with van der Waals surface area (Å²) < 4.78 is 1.91. The van der Waals surface area contributed by atoms with Crippen LogP contribution in [-0.2, 0) is 0 Å². The van der Waals surface area contributed by atoms with Gasteiger partial charge in [0.05, 0.1) is 5.69 Å². The molecule has 0 aliphatic carbocycles. The summed E-state index contributed by atoms with van der Waals surface area (Å²) in [5.41, 5.74) is 9.06. The standard InChI is InChI=1S/C16H21N3O/c1-11(2)19-10-13(17)9-15(19)16(20)18(4)14-7-5-6-12(3)8-14/h5-11H,17H2,1-4H3. The predicted molar refractivity (Wildman–Crippen MR) is 83.1 cm³/mol. The predicted octanol–water partition coefficient (Wildman–Crippen LogP) is 3.24. The number of hydrogen-bond acceptors (Lipinski definition) is 2. The van der Waals surface area contributed by atoms with Gasteiger partial charge >= 0.3 is 0 Å². The van der Waals surface area contributed by atoms with Crippen molar-refractivity contribution in [1.29, 1.82) is 0 Å². The second kappa shape index (κ2) is 5.41. The van der Waals surface area contributed by atoms with Gasteiger partial charge in [0, 0.05) is 25.0 Å². The van der Waals surface area contributed by atoms with Gasteiger partial charge in [0.2, 0.25) is 0 Å². The maximum absolute atomic E-state index is 12.6. The average molecular weight is 271 g/mol. The first-order chi connectivity index (χ1) is 9.40. The van der Waals surface area contributed by atoms with E-state index in [1.165, 1.54) is 0 Å². The van der Waals surface area contributed by atoms with Crippen LogP contribution in [0.3, 0.4) is 0 Å². The van der Waals surface area contributed by atoms with Crippen LogP contribution in [0.2, 0.25) is 0 Å². The zero-order valence-corrected chi connectivity index (χ0v) is 12.4. The van der Waals surface area contributed by atoms with Gasteiger partial charge in [-0.2, -0.15) is 0 Å².